The van der Waals surface area contributed by atoms with Crippen molar-refractivity contribution in [2.45, 2.75) is 25.4 Å². The number of hydrogen-bond acceptors (Lipinski definition) is 2. The van der Waals surface area contributed by atoms with Crippen LogP contribution >= 0.6 is 11.6 Å². The number of hydrogen-bond donors (Lipinski definition) is 0. The third-order valence-corrected chi connectivity index (χ3v) is 2.65. The number of carbonyl (C=O) groups is 1. The van der Waals surface area contributed by atoms with Crippen LogP contribution in [-0.2, 0) is 17.6 Å². The van der Waals surface area contributed by atoms with E-state index in [0.29, 0.717) is 0 Å². The predicted molar refractivity (Wildman–Crippen MR) is 54.6 cm³/mol. The number of halogens is 1. The van der Waals surface area contributed by atoms with Gasteiger partial charge in [-0.3, -0.25) is 0 Å². The van der Waals surface area contributed by atoms with Crippen LogP contribution in [0.4, 0.5) is 4.79 Å². The summed E-state index contributed by atoms with van der Waals surface area (Å²) in [5.41, 5.74) is 1.92. The highest BCUT2D eigenvalue weighted by atomic mass is 35.5. The number of ether oxygens (including phenoxy) is 1. The van der Waals surface area contributed by atoms with E-state index in [2.05, 4.69) is 12.1 Å². The van der Waals surface area contributed by atoms with Crippen molar-refractivity contribution in [2.24, 2.45) is 0 Å². The number of benzene rings is 1. The van der Waals surface area contributed by atoms with E-state index >= 15 is 0 Å². The van der Waals surface area contributed by atoms with Gasteiger partial charge in [-0.25, -0.2) is 4.79 Å². The minimum atomic E-state index is -0.700. The van der Waals surface area contributed by atoms with E-state index in [1.807, 2.05) is 12.1 Å². The van der Waals surface area contributed by atoms with Gasteiger partial charge in [-0.1, -0.05) is 24.3 Å². The molecule has 0 radical (unpaired) electrons. The average Bonchev–Trinajstić information content (AvgIpc) is 2.17. The minimum Gasteiger partial charge on any atom is -0.450 e. The fourth-order valence-electron chi connectivity index (χ4n) is 1.90. The molecule has 0 N–H and O–H groups in total. The van der Waals surface area contributed by atoms with Crippen LogP contribution in [0.1, 0.15) is 17.5 Å². The average molecular weight is 211 g/mol. The third kappa shape index (κ3) is 2.07. The fraction of sp³-hybridized carbons (Fsp3) is 0.364. The second-order valence-corrected chi connectivity index (χ2v) is 3.80. The van der Waals surface area contributed by atoms with Gasteiger partial charge in [0, 0.05) is 18.0 Å². The van der Waals surface area contributed by atoms with Crippen molar-refractivity contribution >= 4 is 17.0 Å². The maximum Gasteiger partial charge on any atom is 0.404 e. The van der Waals surface area contributed by atoms with Gasteiger partial charge in [-0.15, -0.1) is 0 Å². The molecular weight excluding hydrogens is 200 g/mol. The first kappa shape index (κ1) is 9.53. The molecule has 1 aromatic rings. The van der Waals surface area contributed by atoms with Gasteiger partial charge in [0.15, 0.2) is 0 Å². The van der Waals surface area contributed by atoms with E-state index < -0.39 is 5.43 Å². The Kier molecular flexibility index (Phi) is 2.73. The summed E-state index contributed by atoms with van der Waals surface area (Å²) < 4.78 is 4.97. The largest absolute Gasteiger partial charge is 0.450 e. The van der Waals surface area contributed by atoms with Gasteiger partial charge >= 0.3 is 5.43 Å². The minimum absolute atomic E-state index is 0.0464. The molecule has 3 heteroatoms. The fourth-order valence-corrected chi connectivity index (χ4v) is 2.02. The third-order valence-electron chi connectivity index (χ3n) is 2.56. The van der Waals surface area contributed by atoms with Gasteiger partial charge in [-0.05, 0) is 24.0 Å². The van der Waals surface area contributed by atoms with Gasteiger partial charge in [0.2, 0.25) is 0 Å². The number of aryl methyl sites for hydroxylation is 1. The summed E-state index contributed by atoms with van der Waals surface area (Å²) in [6, 6.07) is 8.23. The van der Waals surface area contributed by atoms with Gasteiger partial charge in [0.1, 0.15) is 6.10 Å². The normalized spacial score (nSPS) is 19.9. The zero-order valence-corrected chi connectivity index (χ0v) is 8.46. The number of carbonyl (C=O) groups excluding carboxylic acids is 1. The molecule has 1 aliphatic carbocycles. The molecule has 0 heterocycles. The van der Waals surface area contributed by atoms with Crippen LogP contribution in [0, 0.1) is 0 Å². The molecule has 2 nitrogen and oxygen atoms in total. The first-order chi connectivity index (χ1) is 6.75. The van der Waals surface area contributed by atoms with Crippen molar-refractivity contribution in [1.29, 1.82) is 0 Å². The standard InChI is InChI=1S/C11H11ClO2/c12-11(13)14-10-6-5-8-3-1-2-4-9(8)7-10/h1-4,10H,5-7H2. The van der Waals surface area contributed by atoms with Crippen molar-refractivity contribution in [3.05, 3.63) is 35.4 Å². The molecular formula is C11H11ClO2. The van der Waals surface area contributed by atoms with E-state index in [0.717, 1.165) is 19.3 Å². The Morgan fingerprint density at radius 1 is 1.36 bits per heavy atom. The number of rotatable bonds is 1. The maximum atomic E-state index is 10.6. The highest BCUT2D eigenvalue weighted by Crippen LogP contribution is 2.23. The molecule has 1 atom stereocenters. The first-order valence-corrected chi connectivity index (χ1v) is 5.06. The van der Waals surface area contributed by atoms with Crippen LogP contribution in [0.5, 0.6) is 0 Å². The topological polar surface area (TPSA) is 26.3 Å². The Balaban J connectivity index is 2.09. The van der Waals surface area contributed by atoms with Gasteiger partial charge in [0.05, 0.1) is 0 Å². The first-order valence-electron chi connectivity index (χ1n) is 4.68. The zero-order chi connectivity index (χ0) is 9.97. The molecule has 14 heavy (non-hydrogen) atoms. The zero-order valence-electron chi connectivity index (χ0n) is 7.70. The van der Waals surface area contributed by atoms with E-state index in [-0.39, 0.29) is 6.10 Å². The SMILES string of the molecule is O=C(Cl)OC1CCc2ccccc2C1. The summed E-state index contributed by atoms with van der Waals surface area (Å²) in [4.78, 5) is 10.6. The lowest BCUT2D eigenvalue weighted by molar-refractivity contribution is 0.112. The van der Waals surface area contributed by atoms with Crippen LogP contribution in [0.3, 0.4) is 0 Å². The molecule has 0 aliphatic heterocycles. The predicted octanol–water partition coefficient (Wildman–Crippen LogP) is 2.92. The molecule has 0 bridgehead atoms. The molecule has 74 valence electrons. The van der Waals surface area contributed by atoms with E-state index in [9.17, 15) is 4.79 Å². The monoisotopic (exact) mass is 210 g/mol. The molecule has 0 spiro atoms. The summed E-state index contributed by atoms with van der Waals surface area (Å²) in [5.74, 6) is 0. The van der Waals surface area contributed by atoms with E-state index in [1.165, 1.54) is 11.1 Å². The smallest absolute Gasteiger partial charge is 0.404 e. The Hall–Kier alpha value is -1.02. The van der Waals surface area contributed by atoms with Crippen LogP contribution in [0.15, 0.2) is 24.3 Å². The van der Waals surface area contributed by atoms with Crippen molar-refractivity contribution in [1.82, 2.24) is 0 Å². The van der Waals surface area contributed by atoms with Gasteiger partial charge in [-0.2, -0.15) is 0 Å². The Morgan fingerprint density at radius 3 is 2.79 bits per heavy atom. The van der Waals surface area contributed by atoms with Gasteiger partial charge in [0.25, 0.3) is 0 Å². The Morgan fingerprint density at radius 2 is 2.07 bits per heavy atom. The Labute approximate surface area is 87.8 Å². The molecule has 2 rings (SSSR count). The lowest BCUT2D eigenvalue weighted by atomic mass is 9.90. The van der Waals surface area contributed by atoms with E-state index in [1.54, 1.807) is 0 Å². The van der Waals surface area contributed by atoms with Crippen LogP contribution in [0.25, 0.3) is 0 Å². The highest BCUT2D eigenvalue weighted by molar-refractivity contribution is 6.61. The Bertz CT molecular complexity index is 349. The van der Waals surface area contributed by atoms with Crippen molar-refractivity contribution in [2.75, 3.05) is 0 Å². The lowest BCUT2D eigenvalue weighted by Gasteiger charge is -2.23. The summed E-state index contributed by atoms with van der Waals surface area (Å²) in [7, 11) is 0. The van der Waals surface area contributed by atoms with Crippen molar-refractivity contribution in [3.8, 4) is 0 Å². The molecule has 1 aromatic carbocycles. The lowest BCUT2D eigenvalue weighted by Crippen LogP contribution is -2.23. The molecule has 0 aromatic heterocycles. The van der Waals surface area contributed by atoms with Crippen LogP contribution < -0.4 is 0 Å². The molecule has 1 aliphatic rings. The van der Waals surface area contributed by atoms with Crippen molar-refractivity contribution < 1.29 is 9.53 Å². The molecule has 0 saturated heterocycles. The highest BCUT2D eigenvalue weighted by Gasteiger charge is 2.20. The van der Waals surface area contributed by atoms with Crippen LogP contribution in [0.2, 0.25) is 0 Å². The molecule has 0 fully saturated rings. The molecule has 0 amide bonds. The van der Waals surface area contributed by atoms with Crippen molar-refractivity contribution in [3.63, 3.8) is 0 Å². The summed E-state index contributed by atoms with van der Waals surface area (Å²) in [6.45, 7) is 0. The van der Waals surface area contributed by atoms with Crippen LogP contribution in [-0.4, -0.2) is 11.5 Å². The summed E-state index contributed by atoms with van der Waals surface area (Å²) in [6.07, 6.45) is 2.57. The number of fused-ring (bicyclic) bond motifs is 1. The molecule has 0 saturated carbocycles. The summed E-state index contributed by atoms with van der Waals surface area (Å²) >= 11 is 5.18. The molecule has 1 unspecified atom stereocenters. The maximum absolute atomic E-state index is 10.6. The van der Waals surface area contributed by atoms with Gasteiger partial charge < -0.3 is 4.74 Å². The van der Waals surface area contributed by atoms with E-state index in [4.69, 9.17) is 16.3 Å². The second kappa shape index (κ2) is 4.01. The quantitative estimate of drug-likeness (QED) is 0.667. The second-order valence-electron chi connectivity index (χ2n) is 3.49. The summed E-state index contributed by atoms with van der Waals surface area (Å²) in [5, 5.41) is 0.